The second-order valence-electron chi connectivity index (χ2n) is 15.0. The molecule has 39 heavy (non-hydrogen) atoms. The summed E-state index contributed by atoms with van der Waals surface area (Å²) in [6, 6.07) is 0. The molecular weight excluding hydrogens is 558 g/mol. The van der Waals surface area contributed by atoms with Gasteiger partial charge in [0, 0.05) is 15.8 Å². The van der Waals surface area contributed by atoms with Crippen molar-refractivity contribution in [2.45, 2.75) is 227 Å². The van der Waals surface area contributed by atoms with Crippen LogP contribution in [-0.4, -0.2) is 34.0 Å². The van der Waals surface area contributed by atoms with E-state index in [1.54, 1.807) is 193 Å². The second kappa shape index (κ2) is 18.9. The Hall–Kier alpha value is 1.38. The van der Waals surface area contributed by atoms with Crippen molar-refractivity contribution in [3.63, 3.8) is 0 Å². The zero-order chi connectivity index (χ0) is 25.8. The fraction of sp³-hybridized carbons (Fsp3) is 1.00. The largest absolute Gasteiger partial charge is 1.00 e. The summed E-state index contributed by atoms with van der Waals surface area (Å²) in [5.41, 5.74) is 7.36. The smallest absolute Gasteiger partial charge is 0.0530 e. The van der Waals surface area contributed by atoms with Gasteiger partial charge in [-0.15, -0.1) is 0 Å². The Morgan fingerprint density at radius 1 is 0.205 bits per heavy atom. The summed E-state index contributed by atoms with van der Waals surface area (Å²) in [6.07, 6.45) is 47.6. The van der Waals surface area contributed by atoms with Crippen molar-refractivity contribution in [2.24, 2.45) is 0 Å². The maximum atomic E-state index is 1.63. The van der Waals surface area contributed by atoms with Gasteiger partial charge in [0.2, 0.25) is 0 Å². The molecule has 0 N–H and O–H groups in total. The Labute approximate surface area is 258 Å². The van der Waals surface area contributed by atoms with Crippen LogP contribution in [0.1, 0.15) is 193 Å². The van der Waals surface area contributed by atoms with Gasteiger partial charge in [-0.25, -0.2) is 0 Å². The van der Waals surface area contributed by atoms with E-state index in [1.807, 2.05) is 0 Å². The minimum Gasteiger partial charge on any atom is -0.0530 e. The third kappa shape index (κ3) is 10.2. The molecule has 0 spiro atoms. The zero-order valence-corrected chi connectivity index (χ0v) is 28.9. The monoisotopic (exact) mass is 625 g/mol. The molecular formula is C36H68CuP2+3. The van der Waals surface area contributed by atoms with Crippen molar-refractivity contribution in [1.29, 1.82) is 0 Å². The molecule has 0 bridgehead atoms. The molecule has 6 saturated carbocycles. The van der Waals surface area contributed by atoms with E-state index in [-0.39, 0.29) is 32.9 Å². The first-order chi connectivity index (χ1) is 18.9. The topological polar surface area (TPSA) is 0 Å². The fourth-order valence-corrected chi connectivity index (χ4v) is 21.1. The van der Waals surface area contributed by atoms with Crippen LogP contribution >= 0.6 is 15.8 Å². The van der Waals surface area contributed by atoms with E-state index < -0.39 is 0 Å². The Kier molecular flexibility index (Phi) is 16.1. The van der Waals surface area contributed by atoms with Crippen LogP contribution in [0.5, 0.6) is 0 Å². The molecule has 6 aliphatic rings. The molecule has 6 fully saturated rings. The molecule has 0 aromatic heterocycles. The van der Waals surface area contributed by atoms with Crippen LogP contribution in [0.15, 0.2) is 0 Å². The molecule has 0 aromatic rings. The van der Waals surface area contributed by atoms with E-state index in [9.17, 15) is 0 Å². The van der Waals surface area contributed by atoms with Crippen molar-refractivity contribution < 1.29 is 17.1 Å². The molecule has 0 aliphatic heterocycles. The van der Waals surface area contributed by atoms with E-state index in [1.165, 1.54) is 34.0 Å². The normalized spacial score (nSPS) is 28.2. The van der Waals surface area contributed by atoms with Crippen molar-refractivity contribution in [1.82, 2.24) is 0 Å². The standard InChI is InChI=1S/2C18H33P.Cu/c2*1-4-10-16(11-5-1)19(17-12-6-2-7-13-17)18-14-8-3-9-15-18;/h2*16-18H,1-15H2;/q;;+1/p+2. The summed E-state index contributed by atoms with van der Waals surface area (Å²) in [4.78, 5) is 0. The average Bonchev–Trinajstić information content (AvgIpc) is 3.01. The SMILES string of the molecule is C1CCC([PH+](C2CCCCC2)C2CCCCC2)CC1.C1CCC([PH+](C2CCCCC2)C2CCCCC2)CC1.[Cu+]. The van der Waals surface area contributed by atoms with Crippen molar-refractivity contribution in [3.05, 3.63) is 0 Å². The summed E-state index contributed by atoms with van der Waals surface area (Å²) < 4.78 is 0. The quantitative estimate of drug-likeness (QED) is 0.203. The van der Waals surface area contributed by atoms with Crippen LogP contribution in [-0.2, 0) is 17.1 Å². The average molecular weight is 626 g/mol. The zero-order valence-electron chi connectivity index (χ0n) is 26.0. The van der Waals surface area contributed by atoms with Crippen LogP contribution in [0, 0.1) is 0 Å². The van der Waals surface area contributed by atoms with Crippen LogP contribution in [0.3, 0.4) is 0 Å². The summed E-state index contributed by atoms with van der Waals surface area (Å²) in [5, 5.41) is 0. The maximum Gasteiger partial charge on any atom is 1.00 e. The molecule has 0 saturated heterocycles. The van der Waals surface area contributed by atoms with Crippen LogP contribution in [0.2, 0.25) is 0 Å². The molecule has 3 heteroatoms. The van der Waals surface area contributed by atoms with Gasteiger partial charge in [-0.1, -0.05) is 38.5 Å². The predicted octanol–water partition coefficient (Wildman–Crippen LogP) is 12.4. The molecule has 0 unspecified atom stereocenters. The summed E-state index contributed by atoms with van der Waals surface area (Å²) in [6.45, 7) is 0. The predicted molar refractivity (Wildman–Crippen MR) is 178 cm³/mol. The number of hydrogen-bond acceptors (Lipinski definition) is 0. The van der Waals surface area contributed by atoms with Crippen molar-refractivity contribution >= 4 is 15.8 Å². The van der Waals surface area contributed by atoms with Gasteiger partial charge in [0.1, 0.15) is 0 Å². The number of rotatable bonds is 6. The third-order valence-electron chi connectivity index (χ3n) is 12.5. The van der Waals surface area contributed by atoms with Gasteiger partial charge in [0.15, 0.2) is 0 Å². The molecule has 230 valence electrons. The van der Waals surface area contributed by atoms with Crippen LogP contribution in [0.4, 0.5) is 0 Å². The Bertz CT molecular complexity index is 464. The first kappa shape index (κ1) is 33.3. The minimum atomic E-state index is -0.0465. The van der Waals surface area contributed by atoms with E-state index >= 15 is 0 Å². The van der Waals surface area contributed by atoms with Gasteiger partial charge in [-0.3, -0.25) is 0 Å². The fourth-order valence-electron chi connectivity index (χ4n) is 10.6. The first-order valence-electron chi connectivity index (χ1n) is 18.6. The molecule has 0 nitrogen and oxygen atoms in total. The molecule has 6 aliphatic carbocycles. The first-order valence-corrected chi connectivity index (χ1v) is 22.1. The van der Waals surface area contributed by atoms with E-state index in [0.717, 1.165) is 0 Å². The summed E-state index contributed by atoms with van der Waals surface area (Å²) in [5.74, 6) is 0. The molecule has 0 atom stereocenters. The van der Waals surface area contributed by atoms with E-state index in [2.05, 4.69) is 0 Å². The maximum absolute atomic E-state index is 1.63. The summed E-state index contributed by atoms with van der Waals surface area (Å²) in [7, 11) is -0.0930. The van der Waals surface area contributed by atoms with Gasteiger partial charge in [0.25, 0.3) is 0 Å². The van der Waals surface area contributed by atoms with Gasteiger partial charge in [-0.05, 0) is 154 Å². The van der Waals surface area contributed by atoms with Gasteiger partial charge in [0.05, 0.1) is 34.0 Å². The second-order valence-corrected chi connectivity index (χ2v) is 21.9. The van der Waals surface area contributed by atoms with E-state index in [4.69, 9.17) is 0 Å². The van der Waals surface area contributed by atoms with Crippen molar-refractivity contribution in [3.8, 4) is 0 Å². The van der Waals surface area contributed by atoms with Crippen LogP contribution in [0.25, 0.3) is 0 Å². The Balaban J connectivity index is 0.000000176. The molecule has 0 heterocycles. The Morgan fingerprint density at radius 3 is 0.462 bits per heavy atom. The summed E-state index contributed by atoms with van der Waals surface area (Å²) >= 11 is 0. The molecule has 0 amide bonds. The molecule has 0 radical (unpaired) electrons. The van der Waals surface area contributed by atoms with Crippen LogP contribution < -0.4 is 0 Å². The molecule has 0 aromatic carbocycles. The Morgan fingerprint density at radius 2 is 0.333 bits per heavy atom. The van der Waals surface area contributed by atoms with E-state index in [0.29, 0.717) is 0 Å². The van der Waals surface area contributed by atoms with Gasteiger partial charge < -0.3 is 0 Å². The minimum absolute atomic E-state index is 0. The third-order valence-corrected chi connectivity index (χ3v) is 21.6. The van der Waals surface area contributed by atoms with Gasteiger partial charge in [-0.2, -0.15) is 0 Å². The van der Waals surface area contributed by atoms with Gasteiger partial charge >= 0.3 is 17.1 Å². The number of hydrogen-bond donors (Lipinski definition) is 0. The molecule has 6 rings (SSSR count). The van der Waals surface area contributed by atoms with Crippen molar-refractivity contribution in [2.75, 3.05) is 0 Å².